The Kier molecular flexibility index (Phi) is 9.88. The molecule has 1 fully saturated rings. The molecule has 6 rings (SSSR count). The molecule has 2 heterocycles. The number of thioether (sulfide) groups is 1. The average molecular weight is 616 g/mol. The van der Waals surface area contributed by atoms with Crippen molar-refractivity contribution in [3.63, 3.8) is 0 Å². The maximum absolute atomic E-state index is 5.04. The first-order chi connectivity index (χ1) is 17.9. The number of allylic oxidation sites excluding steroid dienone is 2. The molecule has 3 aliphatic rings. The fourth-order valence-electron chi connectivity index (χ4n) is 7.05. The van der Waals surface area contributed by atoms with Gasteiger partial charge < -0.3 is 17.3 Å². The van der Waals surface area contributed by atoms with Crippen molar-refractivity contribution >= 4 is 66.9 Å². The molecule has 38 heavy (non-hydrogen) atoms. The number of nitrogens with zero attached hydrogens (tertiary/aromatic N) is 2. The van der Waals surface area contributed by atoms with E-state index in [9.17, 15) is 0 Å². The van der Waals surface area contributed by atoms with E-state index in [0.717, 1.165) is 17.3 Å². The third-order valence-corrected chi connectivity index (χ3v) is 14.2. The van der Waals surface area contributed by atoms with E-state index in [4.69, 9.17) is 23.9 Å². The molecular formula is C31H36Cl2N2SSiTi-2. The van der Waals surface area contributed by atoms with Crippen molar-refractivity contribution in [3.8, 4) is 0 Å². The molecule has 0 amide bonds. The summed E-state index contributed by atoms with van der Waals surface area (Å²) in [4.78, 5) is 1.54. The van der Waals surface area contributed by atoms with E-state index < -0.39 is 25.3 Å². The SMILES string of the molecule is CC[C@@H]1C[C@@H]2C(c3ccccc3)=C(C)S[C@@H]2C1[Si](C)(C)N1c2ccccc2[N-]c2ccccc21.[CH3-].[Cl][Ti][Cl]. The van der Waals surface area contributed by atoms with Crippen LogP contribution in [0.1, 0.15) is 32.3 Å². The Morgan fingerprint density at radius 3 is 2.00 bits per heavy atom. The Morgan fingerprint density at radius 2 is 1.45 bits per heavy atom. The van der Waals surface area contributed by atoms with Crippen LogP contribution in [-0.2, 0) is 17.0 Å². The molecule has 0 spiro atoms. The average Bonchev–Trinajstić information content (AvgIpc) is 3.42. The molecule has 3 aromatic carbocycles. The monoisotopic (exact) mass is 614 g/mol. The van der Waals surface area contributed by atoms with Crippen LogP contribution in [0.3, 0.4) is 0 Å². The zero-order valence-corrected chi connectivity index (χ0v) is 27.7. The Labute approximate surface area is 251 Å². The van der Waals surface area contributed by atoms with Crippen LogP contribution in [0, 0.1) is 19.3 Å². The minimum absolute atomic E-state index is 0. The van der Waals surface area contributed by atoms with Crippen molar-refractivity contribution < 1.29 is 17.0 Å². The van der Waals surface area contributed by atoms with Crippen LogP contribution in [-0.4, -0.2) is 13.5 Å². The van der Waals surface area contributed by atoms with E-state index in [1.54, 1.807) is 10.5 Å². The van der Waals surface area contributed by atoms with Gasteiger partial charge in [-0.15, -0.1) is 23.1 Å². The first kappa shape index (κ1) is 29.8. The molecule has 1 unspecified atom stereocenters. The van der Waals surface area contributed by atoms with Gasteiger partial charge in [-0.2, -0.15) is 0 Å². The molecule has 0 aromatic heterocycles. The zero-order valence-electron chi connectivity index (χ0n) is 22.8. The topological polar surface area (TPSA) is 17.3 Å². The molecule has 0 radical (unpaired) electrons. The standard InChI is InChI=1S/C30H33N2SSi.CH3.2ClH.Ti/c1-5-21-19-23-28(22-13-7-6-8-14-22)20(2)33-29(23)30(21)34(3,4)32-26-17-11-9-15-24(26)31-25-16-10-12-18-27(25)32;;;;/h6-18,21,23,29-30H,5,19H2,1-4H3;1H3;2*1H;/q2*-1;;;+2/p-2/t21-,23-,29+,30?;;;;/m1..../s1. The normalized spacial score (nSPS) is 23.3. The number of hydrogen-bond donors (Lipinski definition) is 0. The Bertz CT molecular complexity index is 1240. The number of para-hydroxylation sites is 4. The molecule has 2 aliphatic heterocycles. The van der Waals surface area contributed by atoms with Crippen molar-refractivity contribution in [1.29, 1.82) is 0 Å². The van der Waals surface area contributed by atoms with Gasteiger partial charge in [-0.05, 0) is 58.9 Å². The summed E-state index contributed by atoms with van der Waals surface area (Å²) in [6.07, 6.45) is 2.58. The molecule has 2 nitrogen and oxygen atoms in total. The van der Waals surface area contributed by atoms with E-state index in [1.165, 1.54) is 29.8 Å². The van der Waals surface area contributed by atoms with Crippen LogP contribution in [0.25, 0.3) is 10.9 Å². The molecule has 7 heteroatoms. The van der Waals surface area contributed by atoms with Crippen molar-refractivity contribution in [1.82, 2.24) is 0 Å². The van der Waals surface area contributed by atoms with Crippen LogP contribution in [0.4, 0.5) is 22.7 Å². The van der Waals surface area contributed by atoms with Gasteiger partial charge in [0.25, 0.3) is 0 Å². The van der Waals surface area contributed by atoms with Crippen molar-refractivity contribution in [2.45, 2.75) is 50.6 Å². The second kappa shape index (κ2) is 12.6. The summed E-state index contributed by atoms with van der Waals surface area (Å²) in [5.41, 5.74) is 8.59. The van der Waals surface area contributed by atoms with E-state index in [0.29, 0.717) is 16.7 Å². The summed E-state index contributed by atoms with van der Waals surface area (Å²) in [6, 6.07) is 28.7. The number of benzene rings is 3. The fraction of sp³-hybridized carbons (Fsp3) is 0.323. The number of fused-ring (bicyclic) bond motifs is 3. The van der Waals surface area contributed by atoms with Gasteiger partial charge in [0.05, 0.1) is 0 Å². The molecule has 200 valence electrons. The summed E-state index contributed by atoms with van der Waals surface area (Å²) in [5, 5.41) is 5.70. The van der Waals surface area contributed by atoms with E-state index in [2.05, 4.69) is 122 Å². The minimum atomic E-state index is -1.98. The Morgan fingerprint density at radius 1 is 0.921 bits per heavy atom. The molecule has 3 aromatic rings. The summed E-state index contributed by atoms with van der Waals surface area (Å²) in [7, 11) is 7.80. The van der Waals surface area contributed by atoms with Gasteiger partial charge in [0.15, 0.2) is 8.24 Å². The van der Waals surface area contributed by atoms with Gasteiger partial charge in [0.2, 0.25) is 0 Å². The first-order valence-corrected chi connectivity index (χ1v) is 21.2. The predicted molar refractivity (Wildman–Crippen MR) is 169 cm³/mol. The van der Waals surface area contributed by atoms with Gasteiger partial charge in [-0.25, -0.2) is 0 Å². The summed E-state index contributed by atoms with van der Waals surface area (Å²) in [6.45, 7) is 10.0. The number of anilines is 2. The molecular weight excluding hydrogens is 579 g/mol. The fourth-order valence-corrected chi connectivity index (χ4v) is 14.3. The number of hydrogen-bond acceptors (Lipinski definition) is 2. The molecule has 1 aliphatic carbocycles. The van der Waals surface area contributed by atoms with Crippen LogP contribution >= 0.6 is 30.4 Å². The van der Waals surface area contributed by atoms with Crippen LogP contribution in [0.15, 0.2) is 83.8 Å². The molecule has 1 saturated carbocycles. The quantitative estimate of drug-likeness (QED) is 0.215. The van der Waals surface area contributed by atoms with Gasteiger partial charge in [-0.3, -0.25) is 0 Å². The summed E-state index contributed by atoms with van der Waals surface area (Å²) >= 11 is 1.63. The Balaban J connectivity index is 0.000000804. The Hall–Kier alpha value is -1.14. The second-order valence-corrected chi connectivity index (χ2v) is 19.0. The third-order valence-electron chi connectivity index (χ3n) is 8.37. The molecule has 0 saturated heterocycles. The maximum atomic E-state index is 5.04. The van der Waals surface area contributed by atoms with Crippen molar-refractivity contribution in [3.05, 3.63) is 102 Å². The molecule has 4 atom stereocenters. The third kappa shape index (κ3) is 5.30. The van der Waals surface area contributed by atoms with Crippen LogP contribution < -0.4 is 4.57 Å². The summed E-state index contributed by atoms with van der Waals surface area (Å²) in [5.74, 6) is 1.42. The number of halogens is 2. The molecule has 0 bridgehead atoms. The van der Waals surface area contributed by atoms with Crippen LogP contribution in [0.2, 0.25) is 18.6 Å². The molecule has 0 N–H and O–H groups in total. The zero-order chi connectivity index (χ0) is 26.2. The van der Waals surface area contributed by atoms with Gasteiger partial charge in [-0.1, -0.05) is 93.2 Å². The van der Waals surface area contributed by atoms with Crippen LogP contribution in [0.5, 0.6) is 0 Å². The van der Waals surface area contributed by atoms with E-state index in [-0.39, 0.29) is 7.43 Å². The second-order valence-electron chi connectivity index (χ2n) is 10.6. The summed E-state index contributed by atoms with van der Waals surface area (Å²) < 4.78 is 2.76. The van der Waals surface area contributed by atoms with Crippen molar-refractivity contribution in [2.24, 2.45) is 11.8 Å². The van der Waals surface area contributed by atoms with Gasteiger partial charge in [0.1, 0.15) is 0 Å². The van der Waals surface area contributed by atoms with E-state index in [1.807, 2.05) is 0 Å². The predicted octanol–water partition coefficient (Wildman–Crippen LogP) is 11.5. The van der Waals surface area contributed by atoms with Gasteiger partial charge >= 0.3 is 35.6 Å². The number of rotatable bonds is 4. The first-order valence-electron chi connectivity index (χ1n) is 13.0. The van der Waals surface area contributed by atoms with Gasteiger partial charge in [0, 0.05) is 16.6 Å². The van der Waals surface area contributed by atoms with Crippen molar-refractivity contribution in [2.75, 3.05) is 4.57 Å². The van der Waals surface area contributed by atoms with E-state index >= 15 is 0 Å².